The highest BCUT2D eigenvalue weighted by molar-refractivity contribution is 6.30. The largest absolute Gasteiger partial charge is 0.394 e. The molecule has 34 heavy (non-hydrogen) atoms. The van der Waals surface area contributed by atoms with Gasteiger partial charge in [0.15, 0.2) is 0 Å². The molecule has 0 amide bonds. The third-order valence-electron chi connectivity index (χ3n) is 6.70. The van der Waals surface area contributed by atoms with E-state index in [0.29, 0.717) is 24.5 Å². The van der Waals surface area contributed by atoms with Gasteiger partial charge in [0.2, 0.25) is 0 Å². The normalized spacial score (nSPS) is 16.7. The molecule has 7 heteroatoms. The van der Waals surface area contributed by atoms with E-state index < -0.39 is 5.60 Å². The van der Waals surface area contributed by atoms with Crippen LogP contribution < -0.4 is 0 Å². The molecule has 1 heterocycles. The van der Waals surface area contributed by atoms with Gasteiger partial charge in [-0.25, -0.2) is 4.39 Å². The minimum atomic E-state index is -0.791. The standard InChI is InChI=1S/C27H37ClFN3O2/c1-3-31(4-2)20-21-34-30-26(22-7-13-25(29)14-8-22)6-5-17-32-18-15-27(33,16-19-32)23-9-11-24(28)12-10-23/h7-14,33H,3-6,15-21H2,1-2H3/b30-26-. The van der Waals surface area contributed by atoms with E-state index in [1.54, 1.807) is 12.1 Å². The maximum atomic E-state index is 13.4. The summed E-state index contributed by atoms with van der Waals surface area (Å²) in [6.07, 6.45) is 3.05. The molecule has 1 N–H and O–H groups in total. The lowest BCUT2D eigenvalue weighted by atomic mass is 9.84. The van der Waals surface area contributed by atoms with Crippen LogP contribution in [-0.2, 0) is 10.4 Å². The summed E-state index contributed by atoms with van der Waals surface area (Å²) in [7, 11) is 0. The Morgan fingerprint density at radius 3 is 2.35 bits per heavy atom. The van der Waals surface area contributed by atoms with Crippen molar-refractivity contribution < 1.29 is 14.3 Å². The number of halogens is 2. The number of likely N-dealkylation sites (tertiary alicyclic amines) is 1. The molecule has 0 atom stereocenters. The van der Waals surface area contributed by atoms with Crippen molar-refractivity contribution in [2.75, 3.05) is 45.9 Å². The fourth-order valence-corrected chi connectivity index (χ4v) is 4.51. The van der Waals surface area contributed by atoms with Gasteiger partial charge in [-0.2, -0.15) is 0 Å². The second-order valence-corrected chi connectivity index (χ2v) is 9.33. The number of hydrogen-bond acceptors (Lipinski definition) is 5. The molecule has 5 nitrogen and oxygen atoms in total. The maximum Gasteiger partial charge on any atom is 0.129 e. The average molecular weight is 490 g/mol. The molecule has 186 valence electrons. The molecule has 0 aliphatic carbocycles. The lowest BCUT2D eigenvalue weighted by Crippen LogP contribution is -2.42. The first-order valence-electron chi connectivity index (χ1n) is 12.3. The Morgan fingerprint density at radius 2 is 1.74 bits per heavy atom. The van der Waals surface area contributed by atoms with Crippen molar-refractivity contribution in [1.82, 2.24) is 9.80 Å². The molecular weight excluding hydrogens is 453 g/mol. The summed E-state index contributed by atoms with van der Waals surface area (Å²) in [6.45, 7) is 10.2. The third-order valence-corrected chi connectivity index (χ3v) is 6.95. The van der Waals surface area contributed by atoms with Gasteiger partial charge >= 0.3 is 0 Å². The molecule has 0 saturated carbocycles. The van der Waals surface area contributed by atoms with E-state index in [-0.39, 0.29) is 5.82 Å². The van der Waals surface area contributed by atoms with E-state index in [0.717, 1.165) is 68.9 Å². The zero-order valence-corrected chi connectivity index (χ0v) is 21.1. The zero-order chi connectivity index (χ0) is 24.4. The molecule has 0 unspecified atom stereocenters. The monoisotopic (exact) mass is 489 g/mol. The smallest absolute Gasteiger partial charge is 0.129 e. The molecule has 0 aromatic heterocycles. The van der Waals surface area contributed by atoms with Crippen molar-refractivity contribution >= 4 is 17.3 Å². The summed E-state index contributed by atoms with van der Waals surface area (Å²) in [5, 5.41) is 16.2. The molecule has 0 radical (unpaired) electrons. The van der Waals surface area contributed by atoms with Crippen LogP contribution in [0.25, 0.3) is 0 Å². The Bertz CT molecular complexity index is 893. The first-order chi connectivity index (χ1) is 16.4. The number of hydrogen-bond donors (Lipinski definition) is 1. The van der Waals surface area contributed by atoms with Crippen molar-refractivity contribution in [2.24, 2.45) is 5.16 Å². The molecule has 1 saturated heterocycles. The highest BCUT2D eigenvalue weighted by atomic mass is 35.5. The predicted molar refractivity (Wildman–Crippen MR) is 137 cm³/mol. The second-order valence-electron chi connectivity index (χ2n) is 8.89. The number of nitrogens with zero attached hydrogens (tertiary/aromatic N) is 3. The Labute approximate surface area is 208 Å². The van der Waals surface area contributed by atoms with Gasteiger partial charge in [-0.1, -0.05) is 54.9 Å². The van der Waals surface area contributed by atoms with Crippen molar-refractivity contribution in [2.45, 2.75) is 45.1 Å². The highest BCUT2D eigenvalue weighted by Crippen LogP contribution is 2.33. The first kappa shape index (κ1) is 26.6. The molecule has 1 aliphatic rings. The van der Waals surface area contributed by atoms with E-state index >= 15 is 0 Å². The summed E-state index contributed by atoms with van der Waals surface area (Å²) in [5.74, 6) is -0.257. The van der Waals surface area contributed by atoms with Crippen LogP contribution in [0, 0.1) is 5.82 Å². The number of likely N-dealkylation sites (N-methyl/N-ethyl adjacent to an activating group) is 1. The minimum Gasteiger partial charge on any atom is -0.394 e. The zero-order valence-electron chi connectivity index (χ0n) is 20.4. The van der Waals surface area contributed by atoms with E-state index in [9.17, 15) is 9.50 Å². The lowest BCUT2D eigenvalue weighted by Gasteiger charge is -2.38. The van der Waals surface area contributed by atoms with Gasteiger partial charge in [-0.15, -0.1) is 0 Å². The highest BCUT2D eigenvalue weighted by Gasteiger charge is 2.33. The van der Waals surface area contributed by atoms with Crippen molar-refractivity contribution in [1.29, 1.82) is 0 Å². The van der Waals surface area contributed by atoms with Crippen LogP contribution in [0.3, 0.4) is 0 Å². The molecule has 1 aliphatic heterocycles. The van der Waals surface area contributed by atoms with Gasteiger partial charge in [-0.05, 0) is 80.7 Å². The van der Waals surface area contributed by atoms with E-state index in [1.165, 1.54) is 12.1 Å². The topological polar surface area (TPSA) is 48.3 Å². The van der Waals surface area contributed by atoms with Crippen molar-refractivity contribution in [3.8, 4) is 0 Å². The Balaban J connectivity index is 1.51. The van der Waals surface area contributed by atoms with E-state index in [1.807, 2.05) is 24.3 Å². The fraction of sp³-hybridized carbons (Fsp3) is 0.519. The van der Waals surface area contributed by atoms with E-state index in [4.69, 9.17) is 16.4 Å². The summed E-state index contributed by atoms with van der Waals surface area (Å²) in [6, 6.07) is 14.0. The van der Waals surface area contributed by atoms with Crippen LogP contribution in [0.4, 0.5) is 4.39 Å². The van der Waals surface area contributed by atoms with Crippen LogP contribution in [0.15, 0.2) is 53.7 Å². The Hall–Kier alpha value is -1.99. The molecule has 2 aromatic rings. The summed E-state index contributed by atoms with van der Waals surface area (Å²) >= 11 is 5.99. The molecule has 1 fully saturated rings. The van der Waals surface area contributed by atoms with Crippen molar-refractivity contribution in [3.63, 3.8) is 0 Å². The van der Waals surface area contributed by atoms with Gasteiger partial charge in [0.25, 0.3) is 0 Å². The number of benzene rings is 2. The SMILES string of the molecule is CCN(CC)CCO/N=C(/CCCN1CCC(O)(c2ccc(Cl)cc2)CC1)c1ccc(F)cc1. The van der Waals surface area contributed by atoms with Crippen molar-refractivity contribution in [3.05, 3.63) is 70.5 Å². The van der Waals surface area contributed by atoms with E-state index in [2.05, 4.69) is 28.8 Å². The molecule has 3 rings (SSSR count). The summed E-state index contributed by atoms with van der Waals surface area (Å²) in [5.41, 5.74) is 1.87. The van der Waals surface area contributed by atoms with Gasteiger partial charge in [-0.3, -0.25) is 0 Å². The quantitative estimate of drug-likeness (QED) is 0.249. The molecule has 0 bridgehead atoms. The van der Waals surface area contributed by atoms with Crippen LogP contribution >= 0.6 is 11.6 Å². The first-order valence-corrected chi connectivity index (χ1v) is 12.7. The Morgan fingerprint density at radius 1 is 1.09 bits per heavy atom. The number of rotatable bonds is 12. The lowest BCUT2D eigenvalue weighted by molar-refractivity contribution is -0.0259. The Kier molecular flexibility index (Phi) is 10.3. The third kappa shape index (κ3) is 7.77. The van der Waals surface area contributed by atoms with Gasteiger partial charge < -0.3 is 19.7 Å². The summed E-state index contributed by atoms with van der Waals surface area (Å²) < 4.78 is 13.4. The van der Waals surface area contributed by atoms with Crippen LogP contribution in [-0.4, -0.2) is 66.5 Å². The van der Waals surface area contributed by atoms with Crippen LogP contribution in [0.5, 0.6) is 0 Å². The van der Waals surface area contributed by atoms with Crippen LogP contribution in [0.1, 0.15) is 50.7 Å². The number of piperidine rings is 1. The van der Waals surface area contributed by atoms with Gasteiger partial charge in [0, 0.05) is 24.7 Å². The average Bonchev–Trinajstić information content (AvgIpc) is 2.85. The molecule has 0 spiro atoms. The number of oxime groups is 1. The molecular formula is C27H37ClFN3O2. The molecule has 2 aromatic carbocycles. The van der Waals surface area contributed by atoms with Gasteiger partial charge in [0.05, 0.1) is 11.3 Å². The number of aliphatic hydroxyl groups is 1. The van der Waals surface area contributed by atoms with Crippen LogP contribution in [0.2, 0.25) is 5.02 Å². The minimum absolute atomic E-state index is 0.257. The fourth-order valence-electron chi connectivity index (χ4n) is 4.38. The predicted octanol–water partition coefficient (Wildman–Crippen LogP) is 5.31. The van der Waals surface area contributed by atoms with Gasteiger partial charge in [0.1, 0.15) is 12.4 Å². The second kappa shape index (κ2) is 13.2. The maximum absolute atomic E-state index is 13.4. The summed E-state index contributed by atoms with van der Waals surface area (Å²) in [4.78, 5) is 10.3.